The molecule has 92 valence electrons. The lowest BCUT2D eigenvalue weighted by Gasteiger charge is -2.22. The van der Waals surface area contributed by atoms with Crippen LogP contribution >= 0.6 is 0 Å². The zero-order valence-electron chi connectivity index (χ0n) is 9.81. The van der Waals surface area contributed by atoms with Gasteiger partial charge in [0.05, 0.1) is 26.0 Å². The lowest BCUT2D eigenvalue weighted by Crippen LogP contribution is -2.39. The fourth-order valence-corrected chi connectivity index (χ4v) is 1.76. The summed E-state index contributed by atoms with van der Waals surface area (Å²) in [7, 11) is 1.55. The molecule has 5 heteroatoms. The summed E-state index contributed by atoms with van der Waals surface area (Å²) in [6.45, 7) is 2.24. The average molecular weight is 236 g/mol. The molecule has 0 bridgehead atoms. The lowest BCUT2D eigenvalue weighted by atomic mass is 10.1. The van der Waals surface area contributed by atoms with Crippen LogP contribution in [0.25, 0.3) is 0 Å². The Kier molecular flexibility index (Phi) is 4.06. The second kappa shape index (κ2) is 5.75. The second-order valence-electron chi connectivity index (χ2n) is 3.94. The van der Waals surface area contributed by atoms with Gasteiger partial charge in [-0.1, -0.05) is 0 Å². The van der Waals surface area contributed by atoms with Crippen molar-refractivity contribution < 1.29 is 14.3 Å². The Morgan fingerprint density at radius 1 is 1.65 bits per heavy atom. The standard InChI is InChI=1S/C12H16N2O3/c1-16-10-4-9(6-14-7-10)12(15)5-11-8-13-2-3-17-11/h4,6-7,11,13H,2-3,5,8H2,1H3. The largest absolute Gasteiger partial charge is 0.495 e. The summed E-state index contributed by atoms with van der Waals surface area (Å²) in [5, 5.41) is 3.20. The van der Waals surface area contributed by atoms with Gasteiger partial charge in [-0.05, 0) is 6.07 Å². The first-order valence-electron chi connectivity index (χ1n) is 5.64. The highest BCUT2D eigenvalue weighted by Gasteiger charge is 2.18. The average Bonchev–Trinajstić information content (AvgIpc) is 2.40. The van der Waals surface area contributed by atoms with Crippen LogP contribution in [0, 0.1) is 0 Å². The van der Waals surface area contributed by atoms with Crippen LogP contribution in [0.4, 0.5) is 0 Å². The first kappa shape index (κ1) is 12.0. The Morgan fingerprint density at radius 3 is 3.24 bits per heavy atom. The highest BCUT2D eigenvalue weighted by atomic mass is 16.5. The first-order chi connectivity index (χ1) is 8.29. The van der Waals surface area contributed by atoms with Gasteiger partial charge in [-0.25, -0.2) is 0 Å². The summed E-state index contributed by atoms with van der Waals surface area (Å²) in [6, 6.07) is 1.70. The number of pyridine rings is 1. The quantitative estimate of drug-likeness (QED) is 0.778. The Balaban J connectivity index is 1.98. The molecule has 1 fully saturated rings. The van der Waals surface area contributed by atoms with Crippen molar-refractivity contribution in [2.75, 3.05) is 26.8 Å². The SMILES string of the molecule is COc1cncc(C(=O)CC2CNCCO2)c1. The minimum atomic E-state index is -0.0394. The molecule has 5 nitrogen and oxygen atoms in total. The summed E-state index contributed by atoms with van der Waals surface area (Å²) < 4.78 is 10.5. The summed E-state index contributed by atoms with van der Waals surface area (Å²) in [4.78, 5) is 15.9. The van der Waals surface area contributed by atoms with Gasteiger partial charge in [-0.2, -0.15) is 0 Å². The molecular weight excluding hydrogens is 220 g/mol. The molecule has 1 aromatic heterocycles. The van der Waals surface area contributed by atoms with Gasteiger partial charge in [-0.3, -0.25) is 9.78 Å². The molecular formula is C12H16N2O3. The van der Waals surface area contributed by atoms with Gasteiger partial charge < -0.3 is 14.8 Å². The van der Waals surface area contributed by atoms with Gasteiger partial charge in [0.15, 0.2) is 5.78 Å². The third-order valence-corrected chi connectivity index (χ3v) is 2.69. The number of aromatic nitrogens is 1. The van der Waals surface area contributed by atoms with Gasteiger partial charge in [0.2, 0.25) is 0 Å². The summed E-state index contributed by atoms with van der Waals surface area (Å²) >= 11 is 0. The van der Waals surface area contributed by atoms with E-state index in [1.54, 1.807) is 25.6 Å². The van der Waals surface area contributed by atoms with Gasteiger partial charge >= 0.3 is 0 Å². The number of ketones is 1. The number of ether oxygens (including phenoxy) is 2. The minimum absolute atomic E-state index is 0.0325. The van der Waals surface area contributed by atoms with Crippen molar-refractivity contribution in [1.82, 2.24) is 10.3 Å². The van der Waals surface area contributed by atoms with E-state index in [0.29, 0.717) is 24.3 Å². The molecule has 0 spiro atoms. The second-order valence-corrected chi connectivity index (χ2v) is 3.94. The van der Waals surface area contributed by atoms with E-state index in [1.165, 1.54) is 0 Å². The highest BCUT2D eigenvalue weighted by Crippen LogP contribution is 2.14. The van der Waals surface area contributed by atoms with Crippen molar-refractivity contribution in [2.24, 2.45) is 0 Å². The third-order valence-electron chi connectivity index (χ3n) is 2.69. The van der Waals surface area contributed by atoms with Crippen molar-refractivity contribution in [3.8, 4) is 5.75 Å². The van der Waals surface area contributed by atoms with Crippen molar-refractivity contribution in [2.45, 2.75) is 12.5 Å². The van der Waals surface area contributed by atoms with Crippen LogP contribution in [0.15, 0.2) is 18.5 Å². The Morgan fingerprint density at radius 2 is 2.53 bits per heavy atom. The molecule has 0 aromatic carbocycles. The molecule has 1 aromatic rings. The maximum absolute atomic E-state index is 12.0. The zero-order valence-corrected chi connectivity index (χ0v) is 9.81. The van der Waals surface area contributed by atoms with Crippen molar-refractivity contribution >= 4 is 5.78 Å². The fraction of sp³-hybridized carbons (Fsp3) is 0.500. The molecule has 0 saturated carbocycles. The molecule has 2 heterocycles. The fourth-order valence-electron chi connectivity index (χ4n) is 1.76. The maximum atomic E-state index is 12.0. The van der Waals surface area contributed by atoms with Crippen LogP contribution in [-0.4, -0.2) is 43.7 Å². The molecule has 0 radical (unpaired) electrons. The first-order valence-corrected chi connectivity index (χ1v) is 5.64. The topological polar surface area (TPSA) is 60.5 Å². The number of nitrogens with one attached hydrogen (secondary N) is 1. The summed E-state index contributed by atoms with van der Waals surface area (Å²) in [6.07, 6.45) is 3.47. The van der Waals surface area contributed by atoms with Crippen LogP contribution < -0.4 is 10.1 Å². The number of Topliss-reactive ketones (excluding diaryl/α,β-unsaturated/α-hetero) is 1. The molecule has 1 saturated heterocycles. The van der Waals surface area contributed by atoms with E-state index in [-0.39, 0.29) is 11.9 Å². The molecule has 1 aliphatic heterocycles. The third kappa shape index (κ3) is 3.25. The van der Waals surface area contributed by atoms with E-state index in [4.69, 9.17) is 9.47 Å². The number of hydrogen-bond donors (Lipinski definition) is 1. The van der Waals surface area contributed by atoms with Gasteiger partial charge in [0.1, 0.15) is 5.75 Å². The summed E-state index contributed by atoms with van der Waals surface area (Å²) in [5.41, 5.74) is 0.568. The van der Waals surface area contributed by atoms with Crippen LogP contribution in [0.5, 0.6) is 5.75 Å². The van der Waals surface area contributed by atoms with Crippen molar-refractivity contribution in [3.05, 3.63) is 24.0 Å². The maximum Gasteiger partial charge on any atom is 0.167 e. The molecule has 0 aliphatic carbocycles. The van der Waals surface area contributed by atoms with E-state index >= 15 is 0 Å². The molecule has 17 heavy (non-hydrogen) atoms. The van der Waals surface area contributed by atoms with Crippen molar-refractivity contribution in [3.63, 3.8) is 0 Å². The number of nitrogens with zero attached hydrogens (tertiary/aromatic N) is 1. The predicted octanol–water partition coefficient (Wildman–Crippen LogP) is 0.651. The Hall–Kier alpha value is -1.46. The molecule has 1 atom stereocenters. The zero-order chi connectivity index (χ0) is 12.1. The number of rotatable bonds is 4. The van der Waals surface area contributed by atoms with Crippen LogP contribution in [0.1, 0.15) is 16.8 Å². The number of morpholine rings is 1. The van der Waals surface area contributed by atoms with Gasteiger partial charge in [0.25, 0.3) is 0 Å². The Bertz CT molecular complexity index is 389. The number of methoxy groups -OCH3 is 1. The van der Waals surface area contributed by atoms with Crippen LogP contribution in [0.3, 0.4) is 0 Å². The van der Waals surface area contributed by atoms with Crippen LogP contribution in [0.2, 0.25) is 0 Å². The van der Waals surface area contributed by atoms with E-state index in [0.717, 1.165) is 13.1 Å². The normalized spacial score (nSPS) is 19.9. The molecule has 0 amide bonds. The minimum Gasteiger partial charge on any atom is -0.495 e. The number of hydrogen-bond acceptors (Lipinski definition) is 5. The van der Waals surface area contributed by atoms with Gasteiger partial charge in [0, 0.05) is 31.3 Å². The van der Waals surface area contributed by atoms with Gasteiger partial charge in [-0.15, -0.1) is 0 Å². The smallest absolute Gasteiger partial charge is 0.167 e. The molecule has 2 rings (SSSR count). The molecule has 1 aliphatic rings. The van der Waals surface area contributed by atoms with E-state index in [1.807, 2.05) is 0 Å². The highest BCUT2D eigenvalue weighted by molar-refractivity contribution is 5.96. The summed E-state index contributed by atoms with van der Waals surface area (Å²) in [5.74, 6) is 0.628. The van der Waals surface area contributed by atoms with Crippen molar-refractivity contribution in [1.29, 1.82) is 0 Å². The van der Waals surface area contributed by atoms with E-state index in [9.17, 15) is 4.79 Å². The van der Waals surface area contributed by atoms with Crippen LogP contribution in [-0.2, 0) is 4.74 Å². The Labute approximate surface area is 100 Å². The van der Waals surface area contributed by atoms with E-state index in [2.05, 4.69) is 10.3 Å². The molecule has 1 unspecified atom stereocenters. The predicted molar refractivity (Wildman–Crippen MR) is 62.3 cm³/mol. The van der Waals surface area contributed by atoms with E-state index < -0.39 is 0 Å². The number of carbonyl (C=O) groups is 1. The number of carbonyl (C=O) groups excluding carboxylic acids is 1. The molecule has 1 N–H and O–H groups in total. The monoisotopic (exact) mass is 236 g/mol. The lowest BCUT2D eigenvalue weighted by molar-refractivity contribution is 0.0240.